The fraction of sp³-hybridized carbons (Fsp3) is 0.538. The maximum absolute atomic E-state index is 12.6. The Bertz CT molecular complexity index is 378. The predicted molar refractivity (Wildman–Crippen MR) is 72.2 cm³/mol. The van der Waals surface area contributed by atoms with Crippen LogP contribution in [0.5, 0.6) is 0 Å². The van der Waals surface area contributed by atoms with Crippen LogP contribution in [0.25, 0.3) is 0 Å². The van der Waals surface area contributed by atoms with Crippen molar-refractivity contribution in [2.45, 2.75) is 25.2 Å². The fourth-order valence-corrected chi connectivity index (χ4v) is 2.41. The van der Waals surface area contributed by atoms with Gasteiger partial charge in [-0.05, 0) is 24.3 Å². The average Bonchev–Trinajstić information content (AvgIpc) is 2.36. The third-order valence-corrected chi connectivity index (χ3v) is 3.43. The number of thioether (sulfide) groups is 1. The Morgan fingerprint density at radius 2 is 2.11 bits per heavy atom. The number of halogens is 3. The fourth-order valence-electron chi connectivity index (χ4n) is 1.72. The number of benzene rings is 1. The Hall–Kier alpha value is -0.720. The summed E-state index contributed by atoms with van der Waals surface area (Å²) in [5, 5.41) is 12.1. The summed E-state index contributed by atoms with van der Waals surface area (Å²) in [6.07, 6.45) is -1.75. The third kappa shape index (κ3) is 5.84. The Kier molecular flexibility index (Phi) is 6.68. The highest BCUT2D eigenvalue weighted by molar-refractivity contribution is 7.98. The molecular weight excluding hydrogens is 275 g/mol. The summed E-state index contributed by atoms with van der Waals surface area (Å²) in [5.74, 6) is 0.819. The molecule has 0 aliphatic carbocycles. The zero-order chi connectivity index (χ0) is 14.3. The van der Waals surface area contributed by atoms with Crippen LogP contribution in [0.15, 0.2) is 24.3 Å². The van der Waals surface area contributed by atoms with Crippen molar-refractivity contribution in [3.05, 3.63) is 35.4 Å². The molecule has 1 aromatic rings. The summed E-state index contributed by atoms with van der Waals surface area (Å²) in [6, 6.07) is 5.40. The van der Waals surface area contributed by atoms with Gasteiger partial charge in [-0.3, -0.25) is 0 Å². The number of alkyl halides is 3. The summed E-state index contributed by atoms with van der Waals surface area (Å²) < 4.78 is 37.7. The highest BCUT2D eigenvalue weighted by Gasteiger charge is 2.30. The second-order valence-electron chi connectivity index (χ2n) is 4.24. The van der Waals surface area contributed by atoms with Crippen molar-refractivity contribution >= 4 is 11.8 Å². The van der Waals surface area contributed by atoms with Gasteiger partial charge in [0.05, 0.1) is 5.56 Å². The number of aliphatic hydroxyl groups excluding tert-OH is 1. The summed E-state index contributed by atoms with van der Waals surface area (Å²) >= 11 is 1.64. The molecule has 0 heterocycles. The number of aliphatic hydroxyl groups is 1. The van der Waals surface area contributed by atoms with Gasteiger partial charge >= 0.3 is 6.18 Å². The topological polar surface area (TPSA) is 32.3 Å². The second-order valence-corrected chi connectivity index (χ2v) is 5.15. The van der Waals surface area contributed by atoms with Crippen LogP contribution in [-0.4, -0.2) is 29.8 Å². The SMILES string of the molecule is CSCC(CCO)NCc1cccc(C(F)(F)F)c1. The zero-order valence-electron chi connectivity index (χ0n) is 10.7. The van der Waals surface area contributed by atoms with E-state index >= 15 is 0 Å². The van der Waals surface area contributed by atoms with E-state index in [1.54, 1.807) is 17.8 Å². The first-order valence-electron chi connectivity index (χ1n) is 5.96. The Labute approximate surface area is 115 Å². The number of rotatable bonds is 7. The lowest BCUT2D eigenvalue weighted by molar-refractivity contribution is -0.137. The van der Waals surface area contributed by atoms with Gasteiger partial charge in [0.2, 0.25) is 0 Å². The van der Waals surface area contributed by atoms with Crippen LogP contribution in [-0.2, 0) is 12.7 Å². The van der Waals surface area contributed by atoms with Gasteiger partial charge < -0.3 is 10.4 Å². The van der Waals surface area contributed by atoms with E-state index in [-0.39, 0.29) is 12.6 Å². The lowest BCUT2D eigenvalue weighted by Gasteiger charge is -2.17. The van der Waals surface area contributed by atoms with Crippen LogP contribution in [0.2, 0.25) is 0 Å². The first-order chi connectivity index (χ1) is 8.97. The number of nitrogens with one attached hydrogen (secondary N) is 1. The van der Waals surface area contributed by atoms with Crippen LogP contribution >= 0.6 is 11.8 Å². The lowest BCUT2D eigenvalue weighted by Crippen LogP contribution is -2.31. The minimum Gasteiger partial charge on any atom is -0.396 e. The molecule has 1 atom stereocenters. The van der Waals surface area contributed by atoms with Gasteiger partial charge in [0.25, 0.3) is 0 Å². The van der Waals surface area contributed by atoms with Crippen LogP contribution in [0, 0.1) is 0 Å². The quantitative estimate of drug-likeness (QED) is 0.811. The van der Waals surface area contributed by atoms with E-state index in [9.17, 15) is 13.2 Å². The van der Waals surface area contributed by atoms with Gasteiger partial charge in [-0.25, -0.2) is 0 Å². The van der Waals surface area contributed by atoms with Crippen LogP contribution in [0.3, 0.4) is 0 Å². The summed E-state index contributed by atoms with van der Waals surface area (Å²) in [5.41, 5.74) is -0.0331. The van der Waals surface area contributed by atoms with Crippen molar-refractivity contribution in [3.63, 3.8) is 0 Å². The van der Waals surface area contributed by atoms with E-state index in [0.717, 1.165) is 17.9 Å². The normalized spacial score (nSPS) is 13.5. The van der Waals surface area contributed by atoms with E-state index in [2.05, 4.69) is 5.32 Å². The van der Waals surface area contributed by atoms with Crippen LogP contribution in [0.1, 0.15) is 17.5 Å². The first-order valence-corrected chi connectivity index (χ1v) is 7.36. The molecule has 0 aliphatic heterocycles. The molecule has 19 heavy (non-hydrogen) atoms. The largest absolute Gasteiger partial charge is 0.416 e. The summed E-state index contributed by atoms with van der Waals surface area (Å²) in [7, 11) is 0. The van der Waals surface area contributed by atoms with Gasteiger partial charge in [-0.15, -0.1) is 0 Å². The number of hydrogen-bond acceptors (Lipinski definition) is 3. The van der Waals surface area contributed by atoms with Crippen molar-refractivity contribution in [3.8, 4) is 0 Å². The molecule has 0 fully saturated rings. The lowest BCUT2D eigenvalue weighted by atomic mass is 10.1. The molecule has 1 unspecified atom stereocenters. The summed E-state index contributed by atoms with van der Waals surface area (Å²) in [6.45, 7) is 0.440. The van der Waals surface area contributed by atoms with Crippen LogP contribution < -0.4 is 5.32 Å². The molecule has 2 nitrogen and oxygen atoms in total. The molecule has 0 saturated carbocycles. The van der Waals surface area contributed by atoms with Crippen molar-refractivity contribution in [2.75, 3.05) is 18.6 Å². The third-order valence-electron chi connectivity index (χ3n) is 2.69. The van der Waals surface area contributed by atoms with E-state index in [4.69, 9.17) is 5.11 Å². The molecule has 108 valence electrons. The molecule has 0 radical (unpaired) electrons. The first kappa shape index (κ1) is 16.3. The van der Waals surface area contributed by atoms with Gasteiger partial charge in [-0.1, -0.05) is 18.2 Å². The molecule has 0 spiro atoms. The zero-order valence-corrected chi connectivity index (χ0v) is 11.5. The summed E-state index contributed by atoms with van der Waals surface area (Å²) in [4.78, 5) is 0. The molecule has 1 aromatic carbocycles. The second kappa shape index (κ2) is 7.77. The van der Waals surface area contributed by atoms with E-state index in [1.807, 2.05) is 6.26 Å². The minimum atomic E-state index is -4.31. The van der Waals surface area contributed by atoms with E-state index < -0.39 is 11.7 Å². The molecule has 0 amide bonds. The maximum Gasteiger partial charge on any atom is 0.416 e. The highest BCUT2D eigenvalue weighted by atomic mass is 32.2. The Morgan fingerprint density at radius 1 is 1.37 bits per heavy atom. The van der Waals surface area contributed by atoms with Gasteiger partial charge in [0, 0.05) is 24.9 Å². The Balaban J connectivity index is 2.61. The Morgan fingerprint density at radius 3 is 2.68 bits per heavy atom. The molecule has 0 bridgehead atoms. The molecule has 0 saturated heterocycles. The standard InChI is InChI=1S/C13H18F3NOS/c1-19-9-12(5-6-18)17-8-10-3-2-4-11(7-10)13(14,15)16/h2-4,7,12,17-18H,5-6,8-9H2,1H3. The average molecular weight is 293 g/mol. The van der Waals surface area contributed by atoms with Crippen molar-refractivity contribution in [2.24, 2.45) is 0 Å². The van der Waals surface area contributed by atoms with Crippen LogP contribution in [0.4, 0.5) is 13.2 Å². The van der Waals surface area contributed by atoms with Gasteiger partial charge in [0.1, 0.15) is 0 Å². The minimum absolute atomic E-state index is 0.0703. The number of hydrogen-bond donors (Lipinski definition) is 2. The monoisotopic (exact) mass is 293 g/mol. The smallest absolute Gasteiger partial charge is 0.396 e. The molecule has 0 aliphatic rings. The molecule has 2 N–H and O–H groups in total. The molecule has 6 heteroatoms. The maximum atomic E-state index is 12.6. The van der Waals surface area contributed by atoms with Gasteiger partial charge in [0.15, 0.2) is 0 Å². The van der Waals surface area contributed by atoms with E-state index in [1.165, 1.54) is 6.07 Å². The molecule has 1 rings (SSSR count). The van der Waals surface area contributed by atoms with Crippen molar-refractivity contribution < 1.29 is 18.3 Å². The highest BCUT2D eigenvalue weighted by Crippen LogP contribution is 2.29. The van der Waals surface area contributed by atoms with Crippen molar-refractivity contribution in [1.82, 2.24) is 5.32 Å². The predicted octanol–water partition coefficient (Wildman–Crippen LogP) is 2.91. The van der Waals surface area contributed by atoms with E-state index in [0.29, 0.717) is 18.5 Å². The molecular formula is C13H18F3NOS. The van der Waals surface area contributed by atoms with Crippen molar-refractivity contribution in [1.29, 1.82) is 0 Å². The molecule has 0 aromatic heterocycles. The van der Waals surface area contributed by atoms with Gasteiger partial charge in [-0.2, -0.15) is 24.9 Å².